The van der Waals surface area contributed by atoms with E-state index in [0.29, 0.717) is 16.8 Å². The van der Waals surface area contributed by atoms with Gasteiger partial charge in [-0.2, -0.15) is 0 Å². The molecular weight excluding hydrogens is 574 g/mol. The molecular formula is C29H35N7O8. The molecule has 0 radical (unpaired) electrons. The van der Waals surface area contributed by atoms with Gasteiger partial charge in [0.05, 0.1) is 12.4 Å². The van der Waals surface area contributed by atoms with Gasteiger partial charge >= 0.3 is 5.97 Å². The van der Waals surface area contributed by atoms with Crippen molar-refractivity contribution in [3.8, 4) is 11.5 Å². The van der Waals surface area contributed by atoms with Crippen LogP contribution in [0.25, 0.3) is 0 Å². The number of nitrogens with zero attached hydrogens (tertiary/aromatic N) is 1. The molecule has 0 aliphatic carbocycles. The predicted octanol–water partition coefficient (Wildman–Crippen LogP) is -1.02. The average molecular weight is 610 g/mol. The standard InChI is InChI=1S/C29H35N7O8/c30-21(11-16-1-5-19(37)6-2-16)26(40)35-24(13-18-14-32-15-33-18)28(42)36-23(12-17-3-7-20(38)8-4-17)27(41)34-22(29(43)44)9-10-25(31)39/h1-8,14-15,21-24,37-38H,9-13,30H2,(H2,31,39)(H,32,33)(H,34,41)(H,35,40)(H,36,42)(H,43,44). The lowest BCUT2D eigenvalue weighted by molar-refractivity contribution is -0.142. The molecule has 0 aliphatic rings. The van der Waals surface area contributed by atoms with E-state index in [1.54, 1.807) is 12.1 Å². The molecule has 2 aromatic carbocycles. The lowest BCUT2D eigenvalue weighted by Gasteiger charge is -2.25. The van der Waals surface area contributed by atoms with Gasteiger partial charge in [-0.1, -0.05) is 24.3 Å². The van der Waals surface area contributed by atoms with Gasteiger partial charge in [-0.3, -0.25) is 19.2 Å². The minimum Gasteiger partial charge on any atom is -0.508 e. The number of carboxylic acid groups (broad SMARTS) is 1. The topological polar surface area (TPSA) is 263 Å². The molecule has 0 saturated carbocycles. The molecule has 3 rings (SSSR count). The first-order valence-electron chi connectivity index (χ1n) is 13.6. The SMILES string of the molecule is NC(=O)CCC(NC(=O)C(Cc1ccc(O)cc1)NC(=O)C(Cc1cnc[nH]1)NC(=O)C(N)Cc1ccc(O)cc1)C(=O)O. The lowest BCUT2D eigenvalue weighted by atomic mass is 10.0. The van der Waals surface area contributed by atoms with E-state index in [1.165, 1.54) is 48.9 Å². The van der Waals surface area contributed by atoms with Crippen LogP contribution in [0, 0.1) is 0 Å². The number of H-pyrrole nitrogens is 1. The fourth-order valence-electron chi connectivity index (χ4n) is 4.25. The Hall–Kier alpha value is -5.44. The van der Waals surface area contributed by atoms with Crippen molar-refractivity contribution in [3.63, 3.8) is 0 Å². The molecule has 4 atom stereocenters. The number of hydrogen-bond acceptors (Lipinski definition) is 9. The van der Waals surface area contributed by atoms with Crippen LogP contribution in [0.4, 0.5) is 0 Å². The van der Waals surface area contributed by atoms with Gasteiger partial charge in [0.15, 0.2) is 0 Å². The summed E-state index contributed by atoms with van der Waals surface area (Å²) in [5.74, 6) is -4.42. The van der Waals surface area contributed by atoms with E-state index in [0.717, 1.165) is 0 Å². The Morgan fingerprint density at radius 3 is 1.75 bits per heavy atom. The summed E-state index contributed by atoms with van der Waals surface area (Å²) in [6, 6.07) is 6.87. The molecule has 1 heterocycles. The van der Waals surface area contributed by atoms with Crippen LogP contribution >= 0.6 is 0 Å². The summed E-state index contributed by atoms with van der Waals surface area (Å²) >= 11 is 0. The van der Waals surface area contributed by atoms with Crippen LogP contribution in [0.5, 0.6) is 11.5 Å². The van der Waals surface area contributed by atoms with Gasteiger partial charge in [-0.25, -0.2) is 9.78 Å². The number of benzene rings is 2. The van der Waals surface area contributed by atoms with E-state index in [2.05, 4.69) is 25.9 Å². The van der Waals surface area contributed by atoms with E-state index >= 15 is 0 Å². The first-order chi connectivity index (χ1) is 20.9. The maximum atomic E-state index is 13.6. The highest BCUT2D eigenvalue weighted by Crippen LogP contribution is 2.13. The number of amides is 4. The summed E-state index contributed by atoms with van der Waals surface area (Å²) in [5, 5.41) is 36.2. The lowest BCUT2D eigenvalue weighted by Crippen LogP contribution is -2.58. The highest BCUT2D eigenvalue weighted by Gasteiger charge is 2.31. The molecule has 3 aromatic rings. The molecule has 15 nitrogen and oxygen atoms in total. The van der Waals surface area contributed by atoms with Crippen molar-refractivity contribution in [1.29, 1.82) is 0 Å². The number of hydrogen-bond donors (Lipinski definition) is 9. The molecule has 234 valence electrons. The molecule has 44 heavy (non-hydrogen) atoms. The van der Waals surface area contributed by atoms with Crippen LogP contribution < -0.4 is 27.4 Å². The van der Waals surface area contributed by atoms with Crippen molar-refractivity contribution in [1.82, 2.24) is 25.9 Å². The molecule has 11 N–H and O–H groups in total. The van der Waals surface area contributed by atoms with Gasteiger partial charge in [0, 0.05) is 31.2 Å². The number of phenolic OH excluding ortho intramolecular Hbond substituents is 2. The number of aromatic amines is 1. The summed E-state index contributed by atoms with van der Waals surface area (Å²) in [5.41, 5.74) is 12.9. The number of nitrogens with one attached hydrogen (secondary N) is 4. The van der Waals surface area contributed by atoms with E-state index in [1.807, 2.05) is 0 Å². The number of carbonyl (C=O) groups is 5. The van der Waals surface area contributed by atoms with Gasteiger partial charge in [0.2, 0.25) is 23.6 Å². The Bertz CT molecular complexity index is 1430. The van der Waals surface area contributed by atoms with Gasteiger partial charge in [0.25, 0.3) is 0 Å². The van der Waals surface area contributed by atoms with Crippen LogP contribution in [0.3, 0.4) is 0 Å². The molecule has 0 fully saturated rings. The van der Waals surface area contributed by atoms with E-state index < -0.39 is 53.8 Å². The number of nitrogens with two attached hydrogens (primary N) is 2. The number of phenols is 2. The number of imidazole rings is 1. The van der Waals surface area contributed by atoms with Crippen molar-refractivity contribution >= 4 is 29.6 Å². The summed E-state index contributed by atoms with van der Waals surface area (Å²) < 4.78 is 0. The largest absolute Gasteiger partial charge is 0.508 e. The molecule has 0 bridgehead atoms. The number of rotatable bonds is 16. The smallest absolute Gasteiger partial charge is 0.326 e. The van der Waals surface area contributed by atoms with Crippen molar-refractivity contribution in [2.24, 2.45) is 11.5 Å². The van der Waals surface area contributed by atoms with Crippen LogP contribution in [-0.2, 0) is 43.2 Å². The van der Waals surface area contributed by atoms with Crippen LogP contribution in [0.1, 0.15) is 29.7 Å². The number of aliphatic carboxylic acids is 1. The Balaban J connectivity index is 1.81. The minimum atomic E-state index is -1.47. The van der Waals surface area contributed by atoms with E-state index in [9.17, 15) is 39.3 Å². The van der Waals surface area contributed by atoms with E-state index in [4.69, 9.17) is 11.5 Å². The molecule has 15 heteroatoms. The second-order valence-electron chi connectivity index (χ2n) is 10.2. The Labute approximate surface area is 252 Å². The zero-order chi connectivity index (χ0) is 32.2. The predicted molar refractivity (Wildman–Crippen MR) is 156 cm³/mol. The van der Waals surface area contributed by atoms with Crippen LogP contribution in [-0.4, -0.2) is 79.1 Å². The molecule has 4 unspecified atom stereocenters. The van der Waals surface area contributed by atoms with Crippen molar-refractivity contribution < 1.29 is 39.3 Å². The minimum absolute atomic E-state index is 0.0258. The van der Waals surface area contributed by atoms with Crippen molar-refractivity contribution in [2.75, 3.05) is 0 Å². The van der Waals surface area contributed by atoms with E-state index in [-0.39, 0.29) is 43.6 Å². The maximum absolute atomic E-state index is 13.6. The average Bonchev–Trinajstić information content (AvgIpc) is 3.49. The third-order valence-electron chi connectivity index (χ3n) is 6.64. The first kappa shape index (κ1) is 33.1. The van der Waals surface area contributed by atoms with Crippen LogP contribution in [0.15, 0.2) is 61.1 Å². The normalized spacial score (nSPS) is 13.6. The number of carboxylic acids is 1. The molecule has 0 aliphatic heterocycles. The zero-order valence-corrected chi connectivity index (χ0v) is 23.6. The number of carbonyl (C=O) groups excluding carboxylic acids is 4. The highest BCUT2D eigenvalue weighted by atomic mass is 16.4. The number of aromatic nitrogens is 2. The summed E-state index contributed by atoms with van der Waals surface area (Å²) in [6.07, 6.45) is 2.24. The van der Waals surface area contributed by atoms with Gasteiger partial charge < -0.3 is 47.7 Å². The van der Waals surface area contributed by atoms with Crippen molar-refractivity contribution in [3.05, 3.63) is 77.9 Å². The van der Waals surface area contributed by atoms with Gasteiger partial charge in [-0.05, 0) is 48.2 Å². The highest BCUT2D eigenvalue weighted by molar-refractivity contribution is 5.94. The maximum Gasteiger partial charge on any atom is 0.326 e. The zero-order valence-electron chi connectivity index (χ0n) is 23.6. The summed E-state index contributed by atoms with van der Waals surface area (Å²) in [6.45, 7) is 0. The fraction of sp³-hybridized carbons (Fsp3) is 0.310. The third kappa shape index (κ3) is 10.4. The Kier molecular flexibility index (Phi) is 11.8. The molecule has 0 spiro atoms. The van der Waals surface area contributed by atoms with Gasteiger partial charge in [0.1, 0.15) is 29.6 Å². The fourth-order valence-corrected chi connectivity index (χ4v) is 4.25. The Morgan fingerprint density at radius 1 is 0.750 bits per heavy atom. The van der Waals surface area contributed by atoms with Crippen molar-refractivity contribution in [2.45, 2.75) is 56.3 Å². The molecule has 4 amide bonds. The summed E-state index contributed by atoms with van der Waals surface area (Å²) in [4.78, 5) is 69.7. The third-order valence-corrected chi connectivity index (χ3v) is 6.64. The molecule has 1 aromatic heterocycles. The first-order valence-corrected chi connectivity index (χ1v) is 13.6. The van der Waals surface area contributed by atoms with Crippen LogP contribution in [0.2, 0.25) is 0 Å². The number of aromatic hydroxyl groups is 2. The Morgan fingerprint density at radius 2 is 1.25 bits per heavy atom. The number of primary amides is 1. The van der Waals surface area contributed by atoms with Gasteiger partial charge in [-0.15, -0.1) is 0 Å². The summed E-state index contributed by atoms with van der Waals surface area (Å²) in [7, 11) is 0. The quantitative estimate of drug-likeness (QED) is 0.0954. The second-order valence-corrected chi connectivity index (χ2v) is 10.2. The monoisotopic (exact) mass is 609 g/mol. The second kappa shape index (κ2) is 15.7. The molecule has 0 saturated heterocycles.